The summed E-state index contributed by atoms with van der Waals surface area (Å²) >= 11 is 5.95. The van der Waals surface area contributed by atoms with Crippen LogP contribution >= 0.6 is 11.6 Å². The van der Waals surface area contributed by atoms with Gasteiger partial charge in [0.25, 0.3) is 5.91 Å². The van der Waals surface area contributed by atoms with Crippen molar-refractivity contribution >= 4 is 41.1 Å². The number of hydrogen-bond donors (Lipinski definition) is 2. The topological polar surface area (TPSA) is 93.7 Å². The van der Waals surface area contributed by atoms with Gasteiger partial charge in [-0.1, -0.05) is 41.9 Å². The third-order valence-corrected chi connectivity index (χ3v) is 3.95. The summed E-state index contributed by atoms with van der Waals surface area (Å²) in [7, 11) is 1.45. The van der Waals surface area contributed by atoms with Crippen molar-refractivity contribution in [2.24, 2.45) is 0 Å². The van der Waals surface area contributed by atoms with Crippen LogP contribution in [0.1, 0.15) is 19.4 Å². The molecule has 0 radical (unpaired) electrons. The molecule has 2 rings (SSSR count). The smallest absolute Gasteiger partial charge is 0.355 e. The molecule has 0 fully saturated rings. The fraction of sp³-hybridized carbons (Fsp3) is 0.190. The quantitative estimate of drug-likeness (QED) is 0.533. The van der Waals surface area contributed by atoms with Crippen LogP contribution in [0.5, 0.6) is 5.75 Å². The summed E-state index contributed by atoms with van der Waals surface area (Å²) < 4.78 is 10.4. The van der Waals surface area contributed by atoms with E-state index in [0.29, 0.717) is 22.0 Å². The van der Waals surface area contributed by atoms with E-state index in [-0.39, 0.29) is 5.70 Å². The molecule has 0 aliphatic rings. The monoisotopic (exact) mass is 416 g/mol. The summed E-state index contributed by atoms with van der Waals surface area (Å²) in [6.45, 7) is 2.69. The molecule has 2 aromatic carbocycles. The first-order valence-corrected chi connectivity index (χ1v) is 9.07. The number of ether oxygens (including phenoxy) is 2. The Morgan fingerprint density at radius 1 is 1.10 bits per heavy atom. The molecule has 2 amide bonds. The van der Waals surface area contributed by atoms with Crippen LogP contribution < -0.4 is 15.4 Å². The van der Waals surface area contributed by atoms with Crippen molar-refractivity contribution in [1.82, 2.24) is 5.32 Å². The Bertz CT molecular complexity index is 928. The van der Waals surface area contributed by atoms with Gasteiger partial charge < -0.3 is 20.1 Å². The summed E-state index contributed by atoms with van der Waals surface area (Å²) in [5, 5.41) is 5.44. The van der Waals surface area contributed by atoms with Crippen molar-refractivity contribution in [3.63, 3.8) is 0 Å². The van der Waals surface area contributed by atoms with Gasteiger partial charge in [-0.3, -0.25) is 9.59 Å². The zero-order valence-corrected chi connectivity index (χ0v) is 16.9. The molecule has 0 aliphatic carbocycles. The predicted octanol–water partition coefficient (Wildman–Crippen LogP) is 3.40. The van der Waals surface area contributed by atoms with Crippen molar-refractivity contribution < 1.29 is 23.9 Å². The maximum atomic E-state index is 12.5. The number of hydrogen-bond acceptors (Lipinski definition) is 5. The molecule has 0 spiro atoms. The van der Waals surface area contributed by atoms with Gasteiger partial charge >= 0.3 is 5.97 Å². The molecule has 152 valence electrons. The first kappa shape index (κ1) is 22.0. The van der Waals surface area contributed by atoms with Crippen LogP contribution in [0.2, 0.25) is 5.02 Å². The molecule has 29 heavy (non-hydrogen) atoms. The number of anilines is 1. The number of esters is 1. The van der Waals surface area contributed by atoms with Crippen LogP contribution in [0, 0.1) is 0 Å². The number of carbonyl (C=O) groups is 3. The maximum Gasteiger partial charge on any atom is 0.355 e. The van der Waals surface area contributed by atoms with Gasteiger partial charge in [0.1, 0.15) is 11.4 Å². The number of rotatable bonds is 7. The second kappa shape index (κ2) is 10.3. The normalized spacial score (nSPS) is 11.9. The second-order valence-electron chi connectivity index (χ2n) is 6.03. The summed E-state index contributed by atoms with van der Waals surface area (Å²) in [6.07, 6.45) is 0.327. The summed E-state index contributed by atoms with van der Waals surface area (Å²) in [5.41, 5.74) is 0.951. The van der Waals surface area contributed by atoms with E-state index in [2.05, 4.69) is 10.6 Å². The van der Waals surface area contributed by atoms with Crippen molar-refractivity contribution in [3.8, 4) is 5.75 Å². The molecular weight excluding hydrogens is 396 g/mol. The predicted molar refractivity (Wildman–Crippen MR) is 110 cm³/mol. The number of benzene rings is 2. The highest BCUT2D eigenvalue weighted by Crippen LogP contribution is 2.27. The van der Waals surface area contributed by atoms with Crippen LogP contribution in [0.3, 0.4) is 0 Å². The van der Waals surface area contributed by atoms with Crippen molar-refractivity contribution in [3.05, 3.63) is 64.8 Å². The van der Waals surface area contributed by atoms with Crippen LogP contribution in [0.4, 0.5) is 5.69 Å². The third-order valence-electron chi connectivity index (χ3n) is 3.71. The van der Waals surface area contributed by atoms with E-state index in [9.17, 15) is 14.4 Å². The fourth-order valence-corrected chi connectivity index (χ4v) is 2.51. The van der Waals surface area contributed by atoms with E-state index >= 15 is 0 Å². The molecule has 2 N–H and O–H groups in total. The lowest BCUT2D eigenvalue weighted by molar-refractivity contribution is -0.149. The van der Waals surface area contributed by atoms with Gasteiger partial charge in [-0.15, -0.1) is 0 Å². The van der Waals surface area contributed by atoms with E-state index in [1.54, 1.807) is 36.4 Å². The molecule has 0 aromatic heterocycles. The summed E-state index contributed by atoms with van der Waals surface area (Å²) in [4.78, 5) is 36.4. The lowest BCUT2D eigenvalue weighted by atomic mass is 10.2. The minimum absolute atomic E-state index is 0.0799. The Balaban J connectivity index is 2.12. The molecule has 0 heterocycles. The number of halogens is 1. The highest BCUT2D eigenvalue weighted by molar-refractivity contribution is 6.31. The fourth-order valence-electron chi connectivity index (χ4n) is 2.34. The molecule has 0 saturated carbocycles. The molecule has 0 unspecified atom stereocenters. The van der Waals surface area contributed by atoms with Crippen molar-refractivity contribution in [2.75, 3.05) is 12.4 Å². The van der Waals surface area contributed by atoms with Crippen LogP contribution in [0.25, 0.3) is 6.08 Å². The Morgan fingerprint density at radius 3 is 2.41 bits per heavy atom. The van der Waals surface area contributed by atoms with Crippen LogP contribution in [-0.4, -0.2) is 31.0 Å². The van der Waals surface area contributed by atoms with Gasteiger partial charge in [0.05, 0.1) is 12.8 Å². The molecular formula is C21H21ClN2O5. The highest BCUT2D eigenvalue weighted by Gasteiger charge is 2.22. The molecule has 1 atom stereocenters. The van der Waals surface area contributed by atoms with Gasteiger partial charge in [0, 0.05) is 11.9 Å². The Morgan fingerprint density at radius 2 is 1.79 bits per heavy atom. The Kier molecular flexibility index (Phi) is 7.79. The SMILES string of the molecule is COc1ccc(Cl)cc1NC(=O)[C@H](C)OC(=O)/C(=C/c1ccccc1)NC(C)=O. The van der Waals surface area contributed by atoms with Crippen LogP contribution in [-0.2, 0) is 19.1 Å². The average molecular weight is 417 g/mol. The third kappa shape index (κ3) is 6.65. The maximum absolute atomic E-state index is 12.5. The minimum Gasteiger partial charge on any atom is -0.495 e. The van der Waals surface area contributed by atoms with Crippen molar-refractivity contribution in [2.45, 2.75) is 20.0 Å². The second-order valence-corrected chi connectivity index (χ2v) is 6.47. The summed E-state index contributed by atoms with van der Waals surface area (Å²) in [5.74, 6) is -1.46. The first-order valence-electron chi connectivity index (χ1n) is 8.70. The molecule has 7 nitrogen and oxygen atoms in total. The van der Waals surface area contributed by atoms with E-state index in [1.807, 2.05) is 6.07 Å². The van der Waals surface area contributed by atoms with Gasteiger partial charge in [-0.25, -0.2) is 4.79 Å². The van der Waals surface area contributed by atoms with E-state index in [4.69, 9.17) is 21.1 Å². The van der Waals surface area contributed by atoms with E-state index in [0.717, 1.165) is 0 Å². The van der Waals surface area contributed by atoms with Gasteiger partial charge in [-0.2, -0.15) is 0 Å². The highest BCUT2D eigenvalue weighted by atomic mass is 35.5. The van der Waals surface area contributed by atoms with Gasteiger partial charge in [0.2, 0.25) is 5.91 Å². The number of amides is 2. The van der Waals surface area contributed by atoms with Gasteiger partial charge in [0.15, 0.2) is 6.10 Å². The number of carbonyl (C=O) groups excluding carboxylic acids is 3. The van der Waals surface area contributed by atoms with Crippen LogP contribution in [0.15, 0.2) is 54.2 Å². The lowest BCUT2D eigenvalue weighted by Crippen LogP contribution is -2.33. The number of nitrogens with one attached hydrogen (secondary N) is 2. The van der Waals surface area contributed by atoms with Crippen molar-refractivity contribution in [1.29, 1.82) is 0 Å². The largest absolute Gasteiger partial charge is 0.495 e. The standard InChI is InChI=1S/C21H21ClN2O5/c1-13(20(26)24-17-12-16(22)9-10-19(17)28-3)29-21(27)18(23-14(2)25)11-15-7-5-4-6-8-15/h4-13H,1-3H3,(H,23,25)(H,24,26)/b18-11-/t13-/m0/s1. The molecule has 2 aromatic rings. The summed E-state index contributed by atoms with van der Waals surface area (Å²) in [6, 6.07) is 13.7. The zero-order valence-electron chi connectivity index (χ0n) is 16.2. The molecule has 0 saturated heterocycles. The minimum atomic E-state index is -1.14. The number of methoxy groups -OCH3 is 1. The zero-order chi connectivity index (χ0) is 21.4. The van der Waals surface area contributed by atoms with Gasteiger partial charge in [-0.05, 0) is 36.8 Å². The van der Waals surface area contributed by atoms with E-state index in [1.165, 1.54) is 33.1 Å². The Labute approximate surface area is 173 Å². The molecule has 8 heteroatoms. The van der Waals surface area contributed by atoms with E-state index < -0.39 is 23.9 Å². The first-order chi connectivity index (χ1) is 13.8. The average Bonchev–Trinajstić information content (AvgIpc) is 2.68. The molecule has 0 bridgehead atoms. The lowest BCUT2D eigenvalue weighted by Gasteiger charge is -2.16. The molecule has 0 aliphatic heterocycles. The Hall–Kier alpha value is -3.32.